The second-order valence-corrected chi connectivity index (χ2v) is 5.41. The van der Waals surface area contributed by atoms with Crippen molar-refractivity contribution in [2.45, 2.75) is 25.9 Å². The molecule has 0 aliphatic carbocycles. The van der Waals surface area contributed by atoms with Crippen LogP contribution in [0, 0.1) is 0 Å². The molecule has 0 bridgehead atoms. The molecule has 0 radical (unpaired) electrons. The first-order chi connectivity index (χ1) is 8.61. The van der Waals surface area contributed by atoms with Crippen LogP contribution in [0.15, 0.2) is 6.07 Å². The van der Waals surface area contributed by atoms with Gasteiger partial charge in [-0.2, -0.15) is 0 Å². The summed E-state index contributed by atoms with van der Waals surface area (Å²) in [5, 5.41) is 1.02. The molecule has 5 nitrogen and oxygen atoms in total. The first-order valence-electron chi connectivity index (χ1n) is 6.17. The Morgan fingerprint density at radius 1 is 1.56 bits per heavy atom. The molecule has 0 spiro atoms. The van der Waals surface area contributed by atoms with E-state index in [9.17, 15) is 4.79 Å². The Balaban J connectivity index is 2.01. The van der Waals surface area contributed by atoms with Crippen LogP contribution in [0.25, 0.3) is 0 Å². The normalized spacial score (nSPS) is 17.1. The van der Waals surface area contributed by atoms with Crippen molar-refractivity contribution in [1.82, 2.24) is 0 Å². The van der Waals surface area contributed by atoms with Crippen LogP contribution in [0.3, 0.4) is 0 Å². The van der Waals surface area contributed by atoms with Crippen LogP contribution >= 0.6 is 11.3 Å². The van der Waals surface area contributed by atoms with Gasteiger partial charge in [-0.1, -0.05) is 0 Å². The molecule has 1 fully saturated rings. The number of carbonyl (C=O) groups excluding carboxylic acids is 1. The highest BCUT2D eigenvalue weighted by Crippen LogP contribution is 2.33. The fourth-order valence-corrected chi connectivity index (χ4v) is 3.20. The molecule has 18 heavy (non-hydrogen) atoms. The van der Waals surface area contributed by atoms with Crippen molar-refractivity contribution in [3.8, 4) is 0 Å². The summed E-state index contributed by atoms with van der Waals surface area (Å²) >= 11 is 1.37. The van der Waals surface area contributed by atoms with Crippen LogP contribution in [0.5, 0.6) is 0 Å². The molecule has 2 heterocycles. The van der Waals surface area contributed by atoms with Gasteiger partial charge in [-0.15, -0.1) is 11.3 Å². The molecule has 1 aromatic heterocycles. The van der Waals surface area contributed by atoms with Crippen LogP contribution in [0.1, 0.15) is 29.4 Å². The first kappa shape index (κ1) is 13.2. The predicted octanol–water partition coefficient (Wildman–Crippen LogP) is 1.43. The largest absolute Gasteiger partial charge is 0.397 e. The van der Waals surface area contributed by atoms with Crippen LogP contribution in [0.2, 0.25) is 0 Å². The van der Waals surface area contributed by atoms with E-state index in [2.05, 4.69) is 4.90 Å². The zero-order chi connectivity index (χ0) is 13.1. The highest BCUT2D eigenvalue weighted by molar-refractivity contribution is 7.18. The van der Waals surface area contributed by atoms with E-state index in [1.807, 2.05) is 13.0 Å². The van der Waals surface area contributed by atoms with E-state index >= 15 is 0 Å². The Bertz CT molecular complexity index is 425. The number of anilines is 2. The number of thiophene rings is 1. The van der Waals surface area contributed by atoms with Gasteiger partial charge in [0.2, 0.25) is 0 Å². The van der Waals surface area contributed by atoms with Crippen molar-refractivity contribution in [2.75, 3.05) is 30.3 Å². The number of piperidine rings is 1. The second-order valence-electron chi connectivity index (χ2n) is 4.38. The number of carbonyl (C=O) groups is 1. The van der Waals surface area contributed by atoms with Gasteiger partial charge in [-0.3, -0.25) is 4.79 Å². The van der Waals surface area contributed by atoms with Gasteiger partial charge in [0, 0.05) is 19.7 Å². The van der Waals surface area contributed by atoms with E-state index in [0.29, 0.717) is 16.7 Å². The third-order valence-corrected chi connectivity index (χ3v) is 4.35. The summed E-state index contributed by atoms with van der Waals surface area (Å²) in [6.07, 6.45) is 2.38. The summed E-state index contributed by atoms with van der Waals surface area (Å²) in [6.45, 7) is 4.65. The Hall–Kier alpha value is -1.27. The maximum absolute atomic E-state index is 11.2. The van der Waals surface area contributed by atoms with Crippen molar-refractivity contribution in [3.63, 3.8) is 0 Å². The van der Waals surface area contributed by atoms with Gasteiger partial charge in [0.15, 0.2) is 0 Å². The lowest BCUT2D eigenvalue weighted by atomic mass is 10.1. The summed E-state index contributed by atoms with van der Waals surface area (Å²) in [7, 11) is 0. The Morgan fingerprint density at radius 2 is 2.22 bits per heavy atom. The minimum Gasteiger partial charge on any atom is -0.397 e. The minimum absolute atomic E-state index is 0.360. The predicted molar refractivity (Wildman–Crippen MR) is 74.1 cm³/mol. The van der Waals surface area contributed by atoms with Gasteiger partial charge < -0.3 is 21.1 Å². The zero-order valence-electron chi connectivity index (χ0n) is 10.5. The van der Waals surface area contributed by atoms with E-state index in [4.69, 9.17) is 16.2 Å². The van der Waals surface area contributed by atoms with Crippen molar-refractivity contribution in [1.29, 1.82) is 0 Å². The summed E-state index contributed by atoms with van der Waals surface area (Å²) < 4.78 is 5.61. The molecule has 4 N–H and O–H groups in total. The molecule has 6 heteroatoms. The Morgan fingerprint density at radius 3 is 2.72 bits per heavy atom. The van der Waals surface area contributed by atoms with E-state index in [0.717, 1.165) is 37.5 Å². The molecule has 100 valence electrons. The van der Waals surface area contributed by atoms with Crippen LogP contribution < -0.4 is 16.4 Å². The molecule has 1 aliphatic heterocycles. The Labute approximate surface area is 111 Å². The van der Waals surface area contributed by atoms with E-state index in [1.54, 1.807) is 0 Å². The minimum atomic E-state index is -0.451. The standard InChI is InChI=1S/C12H19N3O2S/c1-2-17-8-3-5-15(6-4-8)10-7-9(13)11(18-10)12(14)16/h7-8H,2-6,13H2,1H3,(H2,14,16). The smallest absolute Gasteiger partial charge is 0.260 e. The number of nitrogens with two attached hydrogens (primary N) is 2. The molecule has 1 aliphatic rings. The number of hydrogen-bond acceptors (Lipinski definition) is 5. The average Bonchev–Trinajstić information content (AvgIpc) is 2.73. The number of rotatable bonds is 4. The number of ether oxygens (including phenoxy) is 1. The summed E-state index contributed by atoms with van der Waals surface area (Å²) in [4.78, 5) is 13.9. The van der Waals surface area contributed by atoms with E-state index in [1.165, 1.54) is 11.3 Å². The summed E-state index contributed by atoms with van der Waals surface area (Å²) in [6, 6.07) is 1.84. The van der Waals surface area contributed by atoms with Gasteiger partial charge in [-0.25, -0.2) is 0 Å². The van der Waals surface area contributed by atoms with Crippen molar-refractivity contribution in [3.05, 3.63) is 10.9 Å². The molecule has 1 saturated heterocycles. The highest BCUT2D eigenvalue weighted by atomic mass is 32.1. The fraction of sp³-hybridized carbons (Fsp3) is 0.583. The quantitative estimate of drug-likeness (QED) is 0.866. The molecular weight excluding hydrogens is 250 g/mol. The molecule has 0 saturated carbocycles. The summed E-state index contributed by atoms with van der Waals surface area (Å²) in [5.74, 6) is -0.451. The number of hydrogen-bond donors (Lipinski definition) is 2. The molecule has 1 amide bonds. The molecule has 0 unspecified atom stereocenters. The SMILES string of the molecule is CCOC1CCN(c2cc(N)c(C(N)=O)s2)CC1. The number of nitrogen functional groups attached to an aromatic ring is 1. The molecule has 0 atom stereocenters. The second kappa shape index (κ2) is 5.58. The maximum atomic E-state index is 11.2. The van der Waals surface area contributed by atoms with Gasteiger partial charge >= 0.3 is 0 Å². The molecule has 1 aromatic rings. The summed E-state index contributed by atoms with van der Waals surface area (Å²) in [5.41, 5.74) is 11.5. The van der Waals surface area contributed by atoms with E-state index in [-0.39, 0.29) is 0 Å². The Kier molecular flexibility index (Phi) is 4.08. The molecular formula is C12H19N3O2S. The monoisotopic (exact) mass is 269 g/mol. The lowest BCUT2D eigenvalue weighted by molar-refractivity contribution is 0.0460. The van der Waals surface area contributed by atoms with Gasteiger partial charge in [0.25, 0.3) is 5.91 Å². The van der Waals surface area contributed by atoms with Crippen molar-refractivity contribution < 1.29 is 9.53 Å². The lowest BCUT2D eigenvalue weighted by Gasteiger charge is -2.32. The third-order valence-electron chi connectivity index (χ3n) is 3.13. The highest BCUT2D eigenvalue weighted by Gasteiger charge is 2.22. The van der Waals surface area contributed by atoms with Crippen LogP contribution in [0.4, 0.5) is 10.7 Å². The average molecular weight is 269 g/mol. The van der Waals surface area contributed by atoms with Crippen LogP contribution in [-0.2, 0) is 4.74 Å². The van der Waals surface area contributed by atoms with Crippen molar-refractivity contribution >= 4 is 27.9 Å². The number of primary amides is 1. The maximum Gasteiger partial charge on any atom is 0.260 e. The lowest BCUT2D eigenvalue weighted by Crippen LogP contribution is -2.36. The van der Waals surface area contributed by atoms with Gasteiger partial charge in [0.05, 0.1) is 16.8 Å². The zero-order valence-corrected chi connectivity index (χ0v) is 11.3. The number of amides is 1. The topological polar surface area (TPSA) is 81.6 Å². The van der Waals surface area contributed by atoms with Crippen molar-refractivity contribution in [2.24, 2.45) is 5.73 Å². The molecule has 0 aromatic carbocycles. The van der Waals surface area contributed by atoms with E-state index < -0.39 is 5.91 Å². The van der Waals surface area contributed by atoms with Gasteiger partial charge in [0.1, 0.15) is 4.88 Å². The number of nitrogens with zero attached hydrogens (tertiary/aromatic N) is 1. The fourth-order valence-electron chi connectivity index (χ4n) is 2.22. The third kappa shape index (κ3) is 2.76. The van der Waals surface area contributed by atoms with Gasteiger partial charge in [-0.05, 0) is 25.8 Å². The molecule has 2 rings (SSSR count). The first-order valence-corrected chi connectivity index (χ1v) is 6.99. The van der Waals surface area contributed by atoms with Crippen LogP contribution in [-0.4, -0.2) is 31.7 Å².